The lowest BCUT2D eigenvalue weighted by Gasteiger charge is -2.10. The van der Waals surface area contributed by atoms with E-state index >= 15 is 0 Å². The molecule has 1 aromatic heterocycles. The Morgan fingerprint density at radius 1 is 1.13 bits per heavy atom. The third-order valence-corrected chi connectivity index (χ3v) is 4.65. The van der Waals surface area contributed by atoms with Crippen LogP contribution in [0.25, 0.3) is 11.5 Å². The van der Waals surface area contributed by atoms with Gasteiger partial charge >= 0.3 is 12.1 Å². The molecule has 0 saturated heterocycles. The van der Waals surface area contributed by atoms with Gasteiger partial charge in [-0.2, -0.15) is 13.2 Å². The molecule has 5 nitrogen and oxygen atoms in total. The van der Waals surface area contributed by atoms with Crippen LogP contribution in [0.5, 0.6) is 5.75 Å². The zero-order valence-corrected chi connectivity index (χ0v) is 16.4. The molecular formula is C22H20F3NO4. The van der Waals surface area contributed by atoms with Crippen molar-refractivity contribution in [3.05, 3.63) is 71.1 Å². The molecule has 8 heteroatoms. The lowest BCUT2D eigenvalue weighted by molar-refractivity contribution is -0.138. The summed E-state index contributed by atoms with van der Waals surface area (Å²) in [6.45, 7) is 3.67. The van der Waals surface area contributed by atoms with Gasteiger partial charge in [-0.05, 0) is 54.8 Å². The quantitative estimate of drug-likeness (QED) is 0.522. The zero-order valence-electron chi connectivity index (χ0n) is 16.4. The lowest BCUT2D eigenvalue weighted by atomic mass is 9.98. The summed E-state index contributed by atoms with van der Waals surface area (Å²) in [5.74, 6) is 0.297. The van der Waals surface area contributed by atoms with Crippen molar-refractivity contribution in [2.45, 2.75) is 39.0 Å². The van der Waals surface area contributed by atoms with E-state index in [4.69, 9.17) is 14.3 Å². The number of nitrogens with zero attached hydrogens (tertiary/aromatic N) is 1. The zero-order chi connectivity index (χ0) is 21.9. The summed E-state index contributed by atoms with van der Waals surface area (Å²) in [5, 5.41) is 8.88. The number of benzene rings is 2. The van der Waals surface area contributed by atoms with E-state index in [0.717, 1.165) is 17.7 Å². The number of aliphatic carboxylic acids is 1. The van der Waals surface area contributed by atoms with Crippen LogP contribution in [0.2, 0.25) is 0 Å². The minimum atomic E-state index is -4.40. The average Bonchev–Trinajstić information content (AvgIpc) is 3.06. The van der Waals surface area contributed by atoms with Gasteiger partial charge in [0.25, 0.3) is 0 Å². The first-order valence-electron chi connectivity index (χ1n) is 9.22. The minimum Gasteiger partial charge on any atom is -0.486 e. The maximum absolute atomic E-state index is 12.7. The van der Waals surface area contributed by atoms with Crippen molar-refractivity contribution in [3.8, 4) is 17.2 Å². The number of hydrogen-bond donors (Lipinski definition) is 1. The number of aryl methyl sites for hydroxylation is 1. The number of hydrogen-bond acceptors (Lipinski definition) is 4. The number of carboxylic acid groups (broad SMARTS) is 1. The Morgan fingerprint density at radius 2 is 1.77 bits per heavy atom. The van der Waals surface area contributed by atoms with Gasteiger partial charge in [0.15, 0.2) is 5.76 Å². The highest BCUT2D eigenvalue weighted by atomic mass is 19.4. The molecule has 0 fully saturated rings. The molecule has 0 saturated carbocycles. The van der Waals surface area contributed by atoms with Crippen molar-refractivity contribution in [2.75, 3.05) is 0 Å². The molecule has 0 aliphatic carbocycles. The molecular weight excluding hydrogens is 399 g/mol. The third-order valence-electron chi connectivity index (χ3n) is 4.65. The third kappa shape index (κ3) is 5.20. The molecule has 3 aromatic rings. The second-order valence-electron chi connectivity index (χ2n) is 6.96. The van der Waals surface area contributed by atoms with Crippen LogP contribution in [0, 0.1) is 6.92 Å². The number of carboxylic acids is 1. The van der Waals surface area contributed by atoms with Crippen LogP contribution >= 0.6 is 0 Å². The lowest BCUT2D eigenvalue weighted by Crippen LogP contribution is -2.03. The maximum Gasteiger partial charge on any atom is 0.416 e. The van der Waals surface area contributed by atoms with Crippen LogP contribution in [0.1, 0.15) is 41.8 Å². The van der Waals surface area contributed by atoms with Gasteiger partial charge in [-0.25, -0.2) is 4.98 Å². The summed E-state index contributed by atoms with van der Waals surface area (Å²) in [7, 11) is 0. The van der Waals surface area contributed by atoms with Crippen LogP contribution < -0.4 is 4.74 Å². The summed E-state index contributed by atoms with van der Waals surface area (Å²) in [6, 6.07) is 11.7. The predicted octanol–water partition coefficient (Wildman–Crippen LogP) is 5.83. The first-order chi connectivity index (χ1) is 14.1. The number of rotatable bonds is 7. The van der Waals surface area contributed by atoms with Crippen molar-refractivity contribution >= 4 is 5.97 Å². The van der Waals surface area contributed by atoms with E-state index in [9.17, 15) is 18.0 Å². The normalized spacial score (nSPS) is 12.6. The molecule has 1 N–H and O–H groups in total. The molecule has 0 amide bonds. The Kier molecular flexibility index (Phi) is 6.14. The molecule has 0 aliphatic heterocycles. The Morgan fingerprint density at radius 3 is 2.33 bits per heavy atom. The van der Waals surface area contributed by atoms with Gasteiger partial charge in [0.1, 0.15) is 12.4 Å². The van der Waals surface area contributed by atoms with Crippen LogP contribution in [0.3, 0.4) is 0 Å². The summed E-state index contributed by atoms with van der Waals surface area (Å²) in [5.41, 5.74) is 1.18. The smallest absolute Gasteiger partial charge is 0.416 e. The monoisotopic (exact) mass is 419 g/mol. The van der Waals surface area contributed by atoms with Gasteiger partial charge in [-0.3, -0.25) is 4.79 Å². The van der Waals surface area contributed by atoms with Crippen LogP contribution in [0.15, 0.2) is 52.9 Å². The fraction of sp³-hybridized carbons (Fsp3) is 0.273. The van der Waals surface area contributed by atoms with Crippen LogP contribution in [-0.4, -0.2) is 16.1 Å². The number of oxazole rings is 1. The van der Waals surface area contributed by atoms with Gasteiger partial charge < -0.3 is 14.3 Å². The maximum atomic E-state index is 12.7. The van der Waals surface area contributed by atoms with Crippen molar-refractivity contribution in [1.29, 1.82) is 0 Å². The number of carbonyl (C=O) groups is 1. The van der Waals surface area contributed by atoms with Gasteiger partial charge in [0, 0.05) is 5.56 Å². The summed E-state index contributed by atoms with van der Waals surface area (Å²) < 4.78 is 49.5. The molecule has 1 atom stereocenters. The molecule has 2 aromatic carbocycles. The molecule has 0 spiro atoms. The summed E-state index contributed by atoms with van der Waals surface area (Å²) >= 11 is 0. The van der Waals surface area contributed by atoms with Crippen LogP contribution in [-0.2, 0) is 17.6 Å². The van der Waals surface area contributed by atoms with E-state index in [0.29, 0.717) is 22.8 Å². The van der Waals surface area contributed by atoms with E-state index in [-0.39, 0.29) is 24.8 Å². The van der Waals surface area contributed by atoms with Gasteiger partial charge in [-0.15, -0.1) is 0 Å². The molecule has 1 unspecified atom stereocenters. The second kappa shape index (κ2) is 8.61. The topological polar surface area (TPSA) is 72.6 Å². The van der Waals surface area contributed by atoms with E-state index in [1.54, 1.807) is 19.1 Å². The molecule has 30 heavy (non-hydrogen) atoms. The van der Waals surface area contributed by atoms with Crippen molar-refractivity contribution in [1.82, 2.24) is 4.98 Å². The van der Waals surface area contributed by atoms with Gasteiger partial charge in [0.05, 0.1) is 17.7 Å². The largest absolute Gasteiger partial charge is 0.486 e. The number of ether oxygens (including phenoxy) is 1. The van der Waals surface area contributed by atoms with Crippen molar-refractivity contribution in [3.63, 3.8) is 0 Å². The average molecular weight is 419 g/mol. The highest BCUT2D eigenvalue weighted by Crippen LogP contribution is 2.31. The summed E-state index contributed by atoms with van der Waals surface area (Å²) in [4.78, 5) is 15.1. The Labute approximate surface area is 171 Å². The number of alkyl halides is 3. The van der Waals surface area contributed by atoms with E-state index < -0.39 is 17.7 Å². The molecule has 3 rings (SSSR count). The van der Waals surface area contributed by atoms with Gasteiger partial charge in [-0.1, -0.05) is 19.1 Å². The Hall–Kier alpha value is -3.29. The van der Waals surface area contributed by atoms with Crippen LogP contribution in [0.4, 0.5) is 13.2 Å². The fourth-order valence-corrected chi connectivity index (χ4v) is 2.91. The molecule has 158 valence electrons. The second-order valence-corrected chi connectivity index (χ2v) is 6.96. The molecule has 0 aliphatic rings. The molecule has 0 bridgehead atoms. The fourth-order valence-electron chi connectivity index (χ4n) is 2.91. The highest BCUT2D eigenvalue weighted by Gasteiger charge is 2.30. The van der Waals surface area contributed by atoms with Crippen molar-refractivity contribution < 1.29 is 32.2 Å². The minimum absolute atomic E-state index is 0.0458. The predicted molar refractivity (Wildman–Crippen MR) is 103 cm³/mol. The molecule has 1 heterocycles. The van der Waals surface area contributed by atoms with E-state index in [2.05, 4.69) is 4.98 Å². The number of halogens is 3. The van der Waals surface area contributed by atoms with E-state index in [1.807, 2.05) is 19.1 Å². The first-order valence-corrected chi connectivity index (χ1v) is 9.22. The van der Waals surface area contributed by atoms with Gasteiger partial charge in [0.2, 0.25) is 5.89 Å². The Bertz CT molecular complexity index is 1010. The number of aromatic nitrogens is 1. The Balaban J connectivity index is 1.66. The van der Waals surface area contributed by atoms with Crippen molar-refractivity contribution in [2.24, 2.45) is 0 Å². The SMILES string of the molecule is Cc1nc(-c2ccc(C(F)(F)F)cc2)oc1COc1ccc(C(C)CC(=O)O)cc1. The highest BCUT2D eigenvalue weighted by molar-refractivity contribution is 5.68. The molecule has 0 radical (unpaired) electrons. The first kappa shape index (κ1) is 21.4. The summed E-state index contributed by atoms with van der Waals surface area (Å²) in [6.07, 6.45) is -4.35. The standard InChI is InChI=1S/C22H20F3NO4/c1-13(11-20(27)28)15-5-9-18(10-6-15)29-12-19-14(2)26-21(30-19)16-3-7-17(8-4-16)22(23,24)25/h3-10,13H,11-12H2,1-2H3,(H,27,28). The van der Waals surface area contributed by atoms with E-state index in [1.165, 1.54) is 12.1 Å².